The Balaban J connectivity index is 2.25. The van der Waals surface area contributed by atoms with Crippen molar-refractivity contribution in [1.82, 2.24) is 15.2 Å². The maximum atomic E-state index is 12.9. The van der Waals surface area contributed by atoms with E-state index >= 15 is 0 Å². The van der Waals surface area contributed by atoms with E-state index in [9.17, 15) is 9.18 Å². The van der Waals surface area contributed by atoms with Crippen LogP contribution in [0.3, 0.4) is 0 Å². The van der Waals surface area contributed by atoms with Crippen LogP contribution < -0.4 is 5.32 Å². The van der Waals surface area contributed by atoms with Gasteiger partial charge in [-0.05, 0) is 18.2 Å². The highest BCUT2D eigenvalue weighted by Crippen LogP contribution is 2.16. The summed E-state index contributed by atoms with van der Waals surface area (Å²) < 4.78 is 12.9. The van der Waals surface area contributed by atoms with E-state index in [1.54, 1.807) is 6.07 Å². The van der Waals surface area contributed by atoms with Gasteiger partial charge < -0.3 is 5.32 Å². The van der Waals surface area contributed by atoms with E-state index in [2.05, 4.69) is 20.5 Å². The van der Waals surface area contributed by atoms with Crippen molar-refractivity contribution in [3.63, 3.8) is 0 Å². The molecular formula is C10H6FN5O. The zero-order valence-corrected chi connectivity index (χ0v) is 8.44. The van der Waals surface area contributed by atoms with E-state index in [-0.39, 0.29) is 17.1 Å². The first kappa shape index (κ1) is 10.8. The number of H-pyrrole nitrogens is 1. The van der Waals surface area contributed by atoms with Gasteiger partial charge in [0.1, 0.15) is 18.2 Å². The molecule has 7 heteroatoms. The molecule has 0 aliphatic heterocycles. The van der Waals surface area contributed by atoms with Crippen LogP contribution in [0.4, 0.5) is 10.1 Å². The highest BCUT2D eigenvalue weighted by molar-refractivity contribution is 6.02. The molecule has 0 fully saturated rings. The second kappa shape index (κ2) is 4.40. The smallest absolute Gasteiger partial charge is 0.293 e. The number of aromatic amines is 1. The van der Waals surface area contributed by atoms with Crippen LogP contribution in [0.1, 0.15) is 16.2 Å². The average Bonchev–Trinajstić information content (AvgIpc) is 2.85. The van der Waals surface area contributed by atoms with E-state index in [1.807, 2.05) is 0 Å². The summed E-state index contributed by atoms with van der Waals surface area (Å²) >= 11 is 0. The van der Waals surface area contributed by atoms with Crippen LogP contribution in [0.25, 0.3) is 0 Å². The molecule has 2 rings (SSSR count). The lowest BCUT2D eigenvalue weighted by molar-refractivity contribution is 0.101. The molecule has 0 atom stereocenters. The minimum Gasteiger partial charge on any atom is -0.318 e. The van der Waals surface area contributed by atoms with Crippen LogP contribution in [-0.4, -0.2) is 21.1 Å². The summed E-state index contributed by atoms with van der Waals surface area (Å²) in [5.74, 6) is -1.08. The first-order valence-electron chi connectivity index (χ1n) is 4.57. The summed E-state index contributed by atoms with van der Waals surface area (Å²) in [6.45, 7) is 0. The molecule has 1 aromatic heterocycles. The van der Waals surface area contributed by atoms with Crippen LogP contribution >= 0.6 is 0 Å². The third kappa shape index (κ3) is 2.26. The molecule has 0 saturated carbocycles. The number of carbonyl (C=O) groups is 1. The zero-order valence-electron chi connectivity index (χ0n) is 8.44. The summed E-state index contributed by atoms with van der Waals surface area (Å²) in [6.07, 6.45) is 1.19. The highest BCUT2D eigenvalue weighted by atomic mass is 19.1. The van der Waals surface area contributed by atoms with E-state index in [0.29, 0.717) is 0 Å². The van der Waals surface area contributed by atoms with E-state index < -0.39 is 11.7 Å². The number of nitriles is 1. The molecule has 0 saturated heterocycles. The van der Waals surface area contributed by atoms with Crippen LogP contribution in [0, 0.1) is 17.1 Å². The molecule has 1 heterocycles. The predicted octanol–water partition coefficient (Wildman–Crippen LogP) is 1.07. The number of nitrogens with one attached hydrogen (secondary N) is 2. The average molecular weight is 231 g/mol. The lowest BCUT2D eigenvalue weighted by atomic mass is 10.2. The van der Waals surface area contributed by atoms with Crippen molar-refractivity contribution in [3.05, 3.63) is 41.7 Å². The van der Waals surface area contributed by atoms with Gasteiger partial charge in [0.2, 0.25) is 5.82 Å². The standard InChI is InChI=1S/C10H6FN5O/c11-7-1-2-8(6(3-7)4-12)15-10(17)9-13-5-14-16-9/h1-3,5H,(H,15,17)(H,13,14,16). The number of nitrogens with zero attached hydrogens (tertiary/aromatic N) is 3. The van der Waals surface area contributed by atoms with Gasteiger partial charge in [0.15, 0.2) is 0 Å². The molecule has 1 aromatic carbocycles. The van der Waals surface area contributed by atoms with E-state index in [0.717, 1.165) is 12.1 Å². The Morgan fingerprint density at radius 2 is 2.35 bits per heavy atom. The molecule has 0 spiro atoms. The Hall–Kier alpha value is -2.75. The van der Waals surface area contributed by atoms with Crippen molar-refractivity contribution in [2.45, 2.75) is 0 Å². The molecular weight excluding hydrogens is 225 g/mol. The lowest BCUT2D eigenvalue weighted by Gasteiger charge is -2.04. The number of benzene rings is 1. The van der Waals surface area contributed by atoms with Gasteiger partial charge in [0, 0.05) is 0 Å². The third-order valence-corrected chi connectivity index (χ3v) is 1.98. The van der Waals surface area contributed by atoms with Crippen LogP contribution in [-0.2, 0) is 0 Å². The van der Waals surface area contributed by atoms with Gasteiger partial charge in [0.05, 0.1) is 11.3 Å². The number of rotatable bonds is 2. The lowest BCUT2D eigenvalue weighted by Crippen LogP contribution is -2.14. The largest absolute Gasteiger partial charge is 0.318 e. The molecule has 2 N–H and O–H groups in total. The van der Waals surface area contributed by atoms with Gasteiger partial charge >= 0.3 is 0 Å². The molecule has 0 radical (unpaired) electrons. The SMILES string of the molecule is N#Cc1cc(F)ccc1NC(=O)c1ncn[nH]1. The minimum absolute atomic E-state index is 0.0122. The van der Waals surface area contributed by atoms with Gasteiger partial charge in [0.25, 0.3) is 5.91 Å². The Labute approximate surface area is 95.1 Å². The first-order chi connectivity index (χ1) is 8.20. The predicted molar refractivity (Wildman–Crippen MR) is 55.5 cm³/mol. The monoisotopic (exact) mass is 231 g/mol. The molecule has 0 bridgehead atoms. The fourth-order valence-corrected chi connectivity index (χ4v) is 1.21. The van der Waals surface area contributed by atoms with Crippen molar-refractivity contribution in [2.24, 2.45) is 0 Å². The van der Waals surface area contributed by atoms with Gasteiger partial charge in [-0.3, -0.25) is 9.89 Å². The summed E-state index contributed by atoms with van der Waals surface area (Å²) in [6, 6.07) is 5.28. The topological polar surface area (TPSA) is 94.5 Å². The number of carbonyl (C=O) groups excluding carboxylic acids is 1. The Morgan fingerprint density at radius 3 is 3.00 bits per heavy atom. The summed E-state index contributed by atoms with van der Waals surface area (Å²) in [4.78, 5) is 15.2. The number of aromatic nitrogens is 3. The molecule has 0 aliphatic carbocycles. The number of halogens is 1. The number of hydrogen-bond donors (Lipinski definition) is 2. The van der Waals surface area contributed by atoms with Crippen molar-refractivity contribution >= 4 is 11.6 Å². The zero-order chi connectivity index (χ0) is 12.3. The van der Waals surface area contributed by atoms with Crippen LogP contribution in [0.2, 0.25) is 0 Å². The van der Waals surface area contributed by atoms with Gasteiger partial charge in [-0.15, -0.1) is 0 Å². The molecule has 6 nitrogen and oxygen atoms in total. The van der Waals surface area contributed by atoms with Crippen LogP contribution in [0.5, 0.6) is 0 Å². The van der Waals surface area contributed by atoms with Crippen molar-refractivity contribution in [3.8, 4) is 6.07 Å². The summed E-state index contributed by atoms with van der Waals surface area (Å²) in [5, 5.41) is 17.1. The highest BCUT2D eigenvalue weighted by Gasteiger charge is 2.11. The fourth-order valence-electron chi connectivity index (χ4n) is 1.21. The van der Waals surface area contributed by atoms with Crippen molar-refractivity contribution in [2.75, 3.05) is 5.32 Å². The molecule has 1 amide bonds. The second-order valence-corrected chi connectivity index (χ2v) is 3.09. The number of hydrogen-bond acceptors (Lipinski definition) is 4. The van der Waals surface area contributed by atoms with Gasteiger partial charge in [-0.2, -0.15) is 10.4 Å². The maximum Gasteiger partial charge on any atom is 0.293 e. The van der Waals surface area contributed by atoms with Crippen LogP contribution in [0.15, 0.2) is 24.5 Å². The molecule has 0 unspecified atom stereocenters. The third-order valence-electron chi connectivity index (χ3n) is 1.98. The van der Waals surface area contributed by atoms with Gasteiger partial charge in [-0.1, -0.05) is 0 Å². The van der Waals surface area contributed by atoms with E-state index in [4.69, 9.17) is 5.26 Å². The molecule has 2 aromatic rings. The molecule has 84 valence electrons. The first-order valence-corrected chi connectivity index (χ1v) is 4.57. The van der Waals surface area contributed by atoms with E-state index in [1.165, 1.54) is 12.4 Å². The Bertz CT molecular complexity index is 587. The minimum atomic E-state index is -0.550. The molecule has 17 heavy (non-hydrogen) atoms. The number of anilines is 1. The Morgan fingerprint density at radius 1 is 1.53 bits per heavy atom. The van der Waals surface area contributed by atoms with Crippen molar-refractivity contribution < 1.29 is 9.18 Å². The Kier molecular flexibility index (Phi) is 2.79. The van der Waals surface area contributed by atoms with Crippen molar-refractivity contribution in [1.29, 1.82) is 5.26 Å². The summed E-state index contributed by atoms with van der Waals surface area (Å²) in [5.41, 5.74) is 0.258. The molecule has 0 aliphatic rings. The number of amides is 1. The maximum absolute atomic E-state index is 12.9. The fraction of sp³-hybridized carbons (Fsp3) is 0. The normalized spacial score (nSPS) is 9.65. The summed E-state index contributed by atoms with van der Waals surface area (Å²) in [7, 11) is 0. The van der Waals surface area contributed by atoms with Gasteiger partial charge in [-0.25, -0.2) is 9.37 Å². The second-order valence-electron chi connectivity index (χ2n) is 3.09. The quantitative estimate of drug-likeness (QED) is 0.808.